The van der Waals surface area contributed by atoms with Crippen molar-refractivity contribution in [2.24, 2.45) is 0 Å². The maximum Gasteiger partial charge on any atom is 0.413 e. The highest BCUT2D eigenvalue weighted by Gasteiger charge is 2.29. The van der Waals surface area contributed by atoms with Gasteiger partial charge in [0.2, 0.25) is 0 Å². The fourth-order valence-corrected chi connectivity index (χ4v) is 1.92. The van der Waals surface area contributed by atoms with E-state index in [2.05, 4.69) is 4.84 Å². The third-order valence-corrected chi connectivity index (χ3v) is 3.08. The number of benzene rings is 1. The fourth-order valence-electron chi connectivity index (χ4n) is 1.12. The zero-order valence-corrected chi connectivity index (χ0v) is 10.7. The Balaban J connectivity index is 2.67. The van der Waals surface area contributed by atoms with Crippen LogP contribution in [-0.2, 0) is 14.9 Å². The first-order chi connectivity index (χ1) is 8.74. The van der Waals surface area contributed by atoms with Crippen LogP contribution in [0.2, 0.25) is 0 Å². The van der Waals surface area contributed by atoms with E-state index >= 15 is 0 Å². The van der Waals surface area contributed by atoms with Crippen molar-refractivity contribution in [1.82, 2.24) is 4.89 Å². The summed E-state index contributed by atoms with van der Waals surface area (Å²) < 4.78 is 63.6. The molecule has 1 aromatic rings. The first kappa shape index (κ1) is 15.7. The SMILES string of the molecule is CCOc1ccc(S(=O)(=O)NOCC(F)(F)F)cc1. The van der Waals surface area contributed by atoms with E-state index in [0.717, 1.165) is 0 Å². The number of nitrogens with one attached hydrogen (secondary N) is 1. The van der Waals surface area contributed by atoms with Crippen LogP contribution in [-0.4, -0.2) is 27.8 Å². The molecule has 0 heterocycles. The van der Waals surface area contributed by atoms with Gasteiger partial charge in [-0.3, -0.25) is 4.84 Å². The Morgan fingerprint density at radius 2 is 1.79 bits per heavy atom. The molecule has 0 aromatic heterocycles. The lowest BCUT2D eigenvalue weighted by molar-refractivity contribution is -0.181. The van der Waals surface area contributed by atoms with Crippen LogP contribution in [0.5, 0.6) is 5.75 Å². The maximum atomic E-state index is 11.8. The van der Waals surface area contributed by atoms with Crippen molar-refractivity contribution in [3.05, 3.63) is 24.3 Å². The minimum Gasteiger partial charge on any atom is -0.494 e. The second-order valence-corrected chi connectivity index (χ2v) is 5.04. The lowest BCUT2D eigenvalue weighted by atomic mass is 10.3. The number of sulfonamides is 1. The van der Waals surface area contributed by atoms with Gasteiger partial charge in [0.1, 0.15) is 5.75 Å². The topological polar surface area (TPSA) is 64.6 Å². The van der Waals surface area contributed by atoms with E-state index in [1.807, 2.05) is 0 Å². The average molecular weight is 299 g/mol. The van der Waals surface area contributed by atoms with E-state index < -0.39 is 22.8 Å². The Bertz CT molecular complexity index is 499. The second-order valence-electron chi connectivity index (χ2n) is 3.40. The van der Waals surface area contributed by atoms with E-state index in [1.165, 1.54) is 29.2 Å². The molecule has 0 saturated heterocycles. The summed E-state index contributed by atoms with van der Waals surface area (Å²) in [6.07, 6.45) is -4.61. The quantitative estimate of drug-likeness (QED) is 0.814. The summed E-state index contributed by atoms with van der Waals surface area (Å²) in [5, 5.41) is 0. The standard InChI is InChI=1S/C10H12F3NO4S/c1-2-17-8-3-5-9(6-4-8)19(15,16)14-18-7-10(11,12)13/h3-6,14H,2,7H2,1H3. The Morgan fingerprint density at radius 3 is 2.26 bits per heavy atom. The summed E-state index contributed by atoms with van der Waals surface area (Å²) in [5.41, 5.74) is 0. The summed E-state index contributed by atoms with van der Waals surface area (Å²) >= 11 is 0. The Morgan fingerprint density at radius 1 is 1.21 bits per heavy atom. The summed E-state index contributed by atoms with van der Waals surface area (Å²) in [7, 11) is -4.14. The van der Waals surface area contributed by atoms with Gasteiger partial charge in [-0.1, -0.05) is 4.89 Å². The van der Waals surface area contributed by atoms with Gasteiger partial charge in [-0.05, 0) is 31.2 Å². The number of hydrogen-bond acceptors (Lipinski definition) is 4. The molecule has 0 aliphatic rings. The number of ether oxygens (including phenoxy) is 1. The molecule has 1 N–H and O–H groups in total. The maximum absolute atomic E-state index is 11.8. The average Bonchev–Trinajstić information content (AvgIpc) is 2.28. The first-order valence-corrected chi connectivity index (χ1v) is 6.66. The molecule has 1 rings (SSSR count). The molecule has 19 heavy (non-hydrogen) atoms. The molecule has 0 aliphatic carbocycles. The Kier molecular flexibility index (Phi) is 5.15. The van der Waals surface area contributed by atoms with Gasteiger partial charge < -0.3 is 4.74 Å². The van der Waals surface area contributed by atoms with Crippen molar-refractivity contribution < 1.29 is 31.2 Å². The number of alkyl halides is 3. The molecule has 0 saturated carbocycles. The summed E-state index contributed by atoms with van der Waals surface area (Å²) in [6.45, 7) is 0.472. The van der Waals surface area contributed by atoms with E-state index in [4.69, 9.17) is 4.74 Å². The smallest absolute Gasteiger partial charge is 0.413 e. The largest absolute Gasteiger partial charge is 0.494 e. The molecule has 0 unspecified atom stereocenters. The van der Waals surface area contributed by atoms with Crippen LogP contribution in [0.1, 0.15) is 6.92 Å². The van der Waals surface area contributed by atoms with Crippen LogP contribution in [0.25, 0.3) is 0 Å². The molecule has 108 valence electrons. The Labute approximate surface area is 108 Å². The normalized spacial score (nSPS) is 12.4. The molecule has 0 amide bonds. The van der Waals surface area contributed by atoms with Gasteiger partial charge in [-0.15, -0.1) is 0 Å². The number of hydrogen-bond donors (Lipinski definition) is 1. The molecule has 0 atom stereocenters. The molecule has 1 aromatic carbocycles. The highest BCUT2D eigenvalue weighted by Crippen LogP contribution is 2.17. The minimum absolute atomic E-state index is 0.224. The van der Waals surface area contributed by atoms with Crippen LogP contribution < -0.4 is 9.62 Å². The van der Waals surface area contributed by atoms with Gasteiger partial charge in [0.05, 0.1) is 11.5 Å². The zero-order chi connectivity index (χ0) is 14.5. The van der Waals surface area contributed by atoms with Crippen molar-refractivity contribution in [3.63, 3.8) is 0 Å². The number of rotatable bonds is 6. The van der Waals surface area contributed by atoms with Crippen LogP contribution in [0, 0.1) is 0 Å². The predicted octanol–water partition coefficient (Wildman–Crippen LogP) is 1.86. The van der Waals surface area contributed by atoms with Crippen molar-refractivity contribution >= 4 is 10.0 Å². The third kappa shape index (κ3) is 5.45. The van der Waals surface area contributed by atoms with Crippen molar-refractivity contribution in [2.75, 3.05) is 13.2 Å². The van der Waals surface area contributed by atoms with E-state index in [9.17, 15) is 21.6 Å². The zero-order valence-electron chi connectivity index (χ0n) is 9.90. The summed E-state index contributed by atoms with van der Waals surface area (Å²) in [4.78, 5) is 5.07. The minimum atomic E-state index is -4.61. The van der Waals surface area contributed by atoms with Gasteiger partial charge >= 0.3 is 6.18 Å². The molecule has 5 nitrogen and oxygen atoms in total. The van der Waals surface area contributed by atoms with Gasteiger partial charge in [0, 0.05) is 0 Å². The van der Waals surface area contributed by atoms with E-state index in [0.29, 0.717) is 12.4 Å². The molecule has 0 radical (unpaired) electrons. The fraction of sp³-hybridized carbons (Fsp3) is 0.400. The molecule has 0 spiro atoms. The molecular weight excluding hydrogens is 287 g/mol. The van der Waals surface area contributed by atoms with E-state index in [1.54, 1.807) is 6.92 Å². The van der Waals surface area contributed by atoms with Gasteiger partial charge in [-0.2, -0.15) is 13.2 Å². The van der Waals surface area contributed by atoms with Crippen molar-refractivity contribution in [2.45, 2.75) is 18.0 Å². The molecule has 9 heteroatoms. The van der Waals surface area contributed by atoms with Crippen molar-refractivity contribution in [1.29, 1.82) is 0 Å². The van der Waals surface area contributed by atoms with Crippen LogP contribution in [0.3, 0.4) is 0 Å². The van der Waals surface area contributed by atoms with Gasteiger partial charge in [0.25, 0.3) is 10.0 Å². The lowest BCUT2D eigenvalue weighted by Gasteiger charge is -2.09. The Hall–Kier alpha value is -1.32. The highest BCUT2D eigenvalue weighted by atomic mass is 32.2. The number of halogens is 3. The van der Waals surface area contributed by atoms with Gasteiger partial charge in [-0.25, -0.2) is 8.42 Å². The lowest BCUT2D eigenvalue weighted by Crippen LogP contribution is -2.29. The van der Waals surface area contributed by atoms with Crippen LogP contribution in [0.4, 0.5) is 13.2 Å². The molecule has 0 aliphatic heterocycles. The molecule has 0 bridgehead atoms. The van der Waals surface area contributed by atoms with Crippen LogP contribution >= 0.6 is 0 Å². The van der Waals surface area contributed by atoms with Crippen LogP contribution in [0.15, 0.2) is 29.2 Å². The highest BCUT2D eigenvalue weighted by molar-refractivity contribution is 7.89. The molecular formula is C10H12F3NO4S. The van der Waals surface area contributed by atoms with Crippen molar-refractivity contribution in [3.8, 4) is 5.75 Å². The monoisotopic (exact) mass is 299 g/mol. The summed E-state index contributed by atoms with van der Waals surface area (Å²) in [6, 6.07) is 5.18. The van der Waals surface area contributed by atoms with Gasteiger partial charge in [0.15, 0.2) is 6.61 Å². The summed E-state index contributed by atoms with van der Waals surface area (Å²) in [5.74, 6) is 0.456. The third-order valence-electron chi connectivity index (χ3n) is 1.85. The van der Waals surface area contributed by atoms with E-state index in [-0.39, 0.29) is 4.90 Å². The first-order valence-electron chi connectivity index (χ1n) is 5.18. The molecule has 0 fully saturated rings. The second kappa shape index (κ2) is 6.22. The predicted molar refractivity (Wildman–Crippen MR) is 59.9 cm³/mol.